The molecule has 0 aliphatic heterocycles. The van der Waals surface area contributed by atoms with Crippen molar-refractivity contribution in [2.24, 2.45) is 0 Å². The van der Waals surface area contributed by atoms with E-state index < -0.39 is 0 Å². The van der Waals surface area contributed by atoms with E-state index in [1.54, 1.807) is 14.2 Å². The second kappa shape index (κ2) is 8.25. The van der Waals surface area contributed by atoms with Crippen molar-refractivity contribution in [3.05, 3.63) is 35.4 Å². The molecule has 3 aromatic rings. The second-order valence-electron chi connectivity index (χ2n) is 7.56. The van der Waals surface area contributed by atoms with Crippen molar-refractivity contribution in [1.29, 1.82) is 0 Å². The molecule has 1 heterocycles. The lowest BCUT2D eigenvalue weighted by Crippen LogP contribution is -2.15. The number of Topliss-reactive ketones (excluding diaryl/α,β-unsaturated/α-hetero) is 2. The molecule has 0 N–H and O–H groups in total. The molecule has 0 radical (unpaired) electrons. The van der Waals surface area contributed by atoms with Crippen LogP contribution in [0, 0.1) is 0 Å². The van der Waals surface area contributed by atoms with Gasteiger partial charge in [-0.15, -0.1) is 0 Å². The van der Waals surface area contributed by atoms with Crippen LogP contribution in [0.3, 0.4) is 0 Å². The molecule has 0 spiro atoms. The Labute approximate surface area is 171 Å². The lowest BCUT2D eigenvalue weighted by Gasteiger charge is -2.13. The number of methoxy groups -OCH3 is 2. The molecule has 29 heavy (non-hydrogen) atoms. The van der Waals surface area contributed by atoms with Crippen LogP contribution in [0.4, 0.5) is 0 Å². The fraction of sp³-hybridized carbons (Fsp3) is 0.391. The molecule has 0 atom stereocenters. The molecular formula is C23H28N2O4. The van der Waals surface area contributed by atoms with Gasteiger partial charge in [-0.25, -0.2) is 0 Å². The van der Waals surface area contributed by atoms with Crippen LogP contribution in [0.1, 0.15) is 41.0 Å². The number of fused-ring (bicyclic) bond motifs is 3. The van der Waals surface area contributed by atoms with Gasteiger partial charge in [-0.3, -0.25) is 9.59 Å². The van der Waals surface area contributed by atoms with Gasteiger partial charge in [0.05, 0.1) is 36.4 Å². The van der Waals surface area contributed by atoms with E-state index in [1.807, 2.05) is 24.3 Å². The third-order valence-corrected chi connectivity index (χ3v) is 5.25. The molecule has 0 unspecified atom stereocenters. The summed E-state index contributed by atoms with van der Waals surface area (Å²) in [5, 5.41) is 1.86. The highest BCUT2D eigenvalue weighted by molar-refractivity contribution is 6.14. The molecule has 0 amide bonds. The monoisotopic (exact) mass is 396 g/mol. The maximum absolute atomic E-state index is 12.2. The fourth-order valence-electron chi connectivity index (χ4n) is 3.82. The smallest absolute Gasteiger partial charge is 0.163 e. The molecule has 6 nitrogen and oxygen atoms in total. The van der Waals surface area contributed by atoms with Crippen LogP contribution in [0.2, 0.25) is 0 Å². The Morgan fingerprint density at radius 2 is 1.31 bits per heavy atom. The number of nitrogens with zero attached hydrogens (tertiary/aromatic N) is 2. The molecule has 0 saturated carbocycles. The van der Waals surface area contributed by atoms with Crippen molar-refractivity contribution in [3.63, 3.8) is 0 Å². The summed E-state index contributed by atoms with van der Waals surface area (Å²) < 4.78 is 13.2. The van der Waals surface area contributed by atoms with Gasteiger partial charge in [-0.1, -0.05) is 0 Å². The number of rotatable bonds is 8. The van der Waals surface area contributed by atoms with E-state index in [0.29, 0.717) is 22.6 Å². The zero-order valence-corrected chi connectivity index (χ0v) is 18.0. The van der Waals surface area contributed by atoms with Gasteiger partial charge in [0, 0.05) is 29.4 Å². The number of carbonyl (C=O) groups excluding carboxylic acids is 2. The van der Waals surface area contributed by atoms with Gasteiger partial charge in [-0.05, 0) is 53.0 Å². The summed E-state index contributed by atoms with van der Waals surface area (Å²) in [4.78, 5) is 26.5. The topological polar surface area (TPSA) is 60.8 Å². The molecule has 0 aliphatic rings. The highest BCUT2D eigenvalue weighted by atomic mass is 16.5. The van der Waals surface area contributed by atoms with Crippen molar-refractivity contribution < 1.29 is 19.1 Å². The third-order valence-electron chi connectivity index (χ3n) is 5.25. The number of hydrogen-bond acceptors (Lipinski definition) is 5. The van der Waals surface area contributed by atoms with E-state index in [1.165, 1.54) is 13.8 Å². The molecule has 6 heteroatoms. The van der Waals surface area contributed by atoms with Crippen molar-refractivity contribution in [1.82, 2.24) is 9.47 Å². The van der Waals surface area contributed by atoms with Gasteiger partial charge in [0.1, 0.15) is 11.5 Å². The van der Waals surface area contributed by atoms with E-state index in [-0.39, 0.29) is 11.6 Å². The SMILES string of the molecule is COc1cc2c(cc1C(C)=O)c1cc(C(C)=O)c(OC)cc1n2CCCN(C)C. The van der Waals surface area contributed by atoms with Crippen LogP contribution in [-0.4, -0.2) is 55.9 Å². The number of carbonyl (C=O) groups is 2. The molecular weight excluding hydrogens is 368 g/mol. The highest BCUT2D eigenvalue weighted by Gasteiger charge is 2.20. The van der Waals surface area contributed by atoms with Crippen molar-refractivity contribution in [2.45, 2.75) is 26.8 Å². The van der Waals surface area contributed by atoms with E-state index in [0.717, 1.165) is 41.3 Å². The standard InChI is InChI=1S/C23H28N2O4/c1-14(26)16-10-18-19-11-17(15(2)27)23(29-6)13-21(19)25(9-7-8-24(3)4)20(18)12-22(16)28-5/h10-13H,7-9H2,1-6H3. The zero-order chi connectivity index (χ0) is 21.3. The number of ether oxygens (including phenoxy) is 2. The van der Waals surface area contributed by atoms with Crippen molar-refractivity contribution in [2.75, 3.05) is 34.9 Å². The molecule has 1 aromatic heterocycles. The van der Waals surface area contributed by atoms with Crippen LogP contribution in [-0.2, 0) is 6.54 Å². The number of aryl methyl sites for hydroxylation is 1. The first-order chi connectivity index (χ1) is 13.8. The highest BCUT2D eigenvalue weighted by Crippen LogP contribution is 2.37. The molecule has 2 aromatic carbocycles. The first-order valence-corrected chi connectivity index (χ1v) is 9.67. The maximum Gasteiger partial charge on any atom is 0.163 e. The number of hydrogen-bond donors (Lipinski definition) is 0. The summed E-state index contributed by atoms with van der Waals surface area (Å²) in [5.74, 6) is 0.996. The number of benzene rings is 2. The second-order valence-corrected chi connectivity index (χ2v) is 7.56. The van der Waals surface area contributed by atoms with Crippen LogP contribution in [0.5, 0.6) is 11.5 Å². The number of aromatic nitrogens is 1. The Hall–Kier alpha value is -2.86. The summed E-state index contributed by atoms with van der Waals surface area (Å²) in [5.41, 5.74) is 3.02. The first kappa shape index (κ1) is 20.9. The molecule has 0 aliphatic carbocycles. The Kier molecular flexibility index (Phi) is 5.94. The van der Waals surface area contributed by atoms with Crippen molar-refractivity contribution in [3.8, 4) is 11.5 Å². The first-order valence-electron chi connectivity index (χ1n) is 9.67. The van der Waals surface area contributed by atoms with Gasteiger partial charge in [-0.2, -0.15) is 0 Å². The minimum atomic E-state index is -0.0578. The van der Waals surface area contributed by atoms with Gasteiger partial charge in [0.2, 0.25) is 0 Å². The Morgan fingerprint density at radius 3 is 1.66 bits per heavy atom. The van der Waals surface area contributed by atoms with Crippen LogP contribution in [0.15, 0.2) is 24.3 Å². The summed E-state index contributed by atoms with van der Waals surface area (Å²) in [6.45, 7) is 4.81. The Balaban J connectivity index is 2.36. The summed E-state index contributed by atoms with van der Waals surface area (Å²) >= 11 is 0. The maximum atomic E-state index is 12.2. The molecule has 154 valence electrons. The Morgan fingerprint density at radius 1 is 0.862 bits per heavy atom. The van der Waals surface area contributed by atoms with E-state index in [2.05, 4.69) is 23.6 Å². The minimum absolute atomic E-state index is 0.0578. The lowest BCUT2D eigenvalue weighted by atomic mass is 10.0. The van der Waals surface area contributed by atoms with Crippen molar-refractivity contribution >= 4 is 33.4 Å². The molecule has 0 fully saturated rings. The quantitative estimate of drug-likeness (QED) is 0.535. The Bertz CT molecular complexity index is 1020. The van der Waals surface area contributed by atoms with Gasteiger partial charge < -0.3 is 18.9 Å². The zero-order valence-electron chi connectivity index (χ0n) is 18.0. The predicted molar refractivity (Wildman–Crippen MR) is 116 cm³/mol. The minimum Gasteiger partial charge on any atom is -0.496 e. The van der Waals surface area contributed by atoms with Gasteiger partial charge in [0.15, 0.2) is 11.6 Å². The predicted octanol–water partition coefficient (Wildman–Crippen LogP) is 4.17. The normalized spacial score (nSPS) is 11.4. The average molecular weight is 396 g/mol. The third kappa shape index (κ3) is 3.85. The van der Waals surface area contributed by atoms with E-state index in [9.17, 15) is 9.59 Å². The van der Waals surface area contributed by atoms with Gasteiger partial charge in [0.25, 0.3) is 0 Å². The molecule has 0 bridgehead atoms. The molecule has 3 rings (SSSR count). The van der Waals surface area contributed by atoms with Crippen LogP contribution in [0.25, 0.3) is 21.8 Å². The van der Waals surface area contributed by atoms with E-state index >= 15 is 0 Å². The summed E-state index contributed by atoms with van der Waals surface area (Å²) in [6, 6.07) is 7.58. The summed E-state index contributed by atoms with van der Waals surface area (Å²) in [6.07, 6.45) is 0.958. The van der Waals surface area contributed by atoms with E-state index in [4.69, 9.17) is 9.47 Å². The fourth-order valence-corrected chi connectivity index (χ4v) is 3.82. The summed E-state index contributed by atoms with van der Waals surface area (Å²) in [7, 11) is 7.25. The lowest BCUT2D eigenvalue weighted by molar-refractivity contribution is 0.100. The molecule has 0 saturated heterocycles. The average Bonchev–Trinajstić information content (AvgIpc) is 2.97. The van der Waals surface area contributed by atoms with Crippen LogP contribution >= 0.6 is 0 Å². The van der Waals surface area contributed by atoms with Crippen LogP contribution < -0.4 is 9.47 Å². The van der Waals surface area contributed by atoms with Gasteiger partial charge >= 0.3 is 0 Å². The largest absolute Gasteiger partial charge is 0.496 e. The number of ketones is 2.